The van der Waals surface area contributed by atoms with Gasteiger partial charge in [0.2, 0.25) is 5.82 Å². The number of ether oxygens (including phenoxy) is 2. The molecule has 2 atom stereocenters. The van der Waals surface area contributed by atoms with Crippen LogP contribution in [-0.4, -0.2) is 12.7 Å². The fourth-order valence-corrected chi connectivity index (χ4v) is 4.92. The van der Waals surface area contributed by atoms with Crippen LogP contribution in [0.2, 0.25) is 0 Å². The minimum atomic E-state index is -1.12. The van der Waals surface area contributed by atoms with E-state index in [1.54, 1.807) is 6.07 Å². The van der Waals surface area contributed by atoms with Crippen LogP contribution < -0.4 is 4.74 Å². The Hall–Kier alpha value is -2.79. The van der Waals surface area contributed by atoms with Gasteiger partial charge < -0.3 is 9.47 Å². The lowest BCUT2D eigenvalue weighted by Gasteiger charge is -2.29. The molecule has 0 amide bonds. The summed E-state index contributed by atoms with van der Waals surface area (Å²) in [6.07, 6.45) is 5.96. The third kappa shape index (κ3) is 5.25. The number of hydrogen-bond donors (Lipinski definition) is 0. The number of halogens is 3. The molecular weight excluding hydrogens is 449 g/mol. The van der Waals surface area contributed by atoms with Crippen molar-refractivity contribution in [3.63, 3.8) is 0 Å². The van der Waals surface area contributed by atoms with Crippen LogP contribution in [0.5, 0.6) is 5.75 Å². The molecule has 1 fully saturated rings. The summed E-state index contributed by atoms with van der Waals surface area (Å²) in [7, 11) is 0. The molecule has 2 nitrogen and oxygen atoms in total. The fourth-order valence-electron chi connectivity index (χ4n) is 4.92. The average molecular weight is 483 g/mol. The molecule has 2 aromatic carbocycles. The first-order valence-electron chi connectivity index (χ1n) is 12.5. The van der Waals surface area contributed by atoms with Crippen LogP contribution in [-0.2, 0) is 11.2 Å². The zero-order chi connectivity index (χ0) is 25.1. The Bertz CT molecular complexity index is 1140. The van der Waals surface area contributed by atoms with Crippen LogP contribution in [0, 0.1) is 11.6 Å². The predicted octanol–water partition coefficient (Wildman–Crippen LogP) is 8.72. The molecule has 2 unspecified atom stereocenters. The van der Waals surface area contributed by atoms with Crippen LogP contribution in [0.1, 0.15) is 69.4 Å². The molecule has 2 heterocycles. The van der Waals surface area contributed by atoms with Crippen molar-refractivity contribution >= 4 is 0 Å². The molecule has 0 N–H and O–H groups in total. The van der Waals surface area contributed by atoms with E-state index in [0.29, 0.717) is 48.2 Å². The molecule has 2 aromatic rings. The summed E-state index contributed by atoms with van der Waals surface area (Å²) in [5, 5.41) is 0. The van der Waals surface area contributed by atoms with Gasteiger partial charge in [-0.25, -0.2) is 8.78 Å². The first kappa shape index (κ1) is 25.3. The molecule has 35 heavy (non-hydrogen) atoms. The maximum Gasteiger partial charge on any atom is 0.202 e. The Kier molecular flexibility index (Phi) is 7.85. The van der Waals surface area contributed by atoms with Gasteiger partial charge in [-0.15, -0.1) is 0 Å². The molecule has 0 aliphatic carbocycles. The molecule has 0 aromatic heterocycles. The van der Waals surface area contributed by atoms with E-state index in [1.165, 1.54) is 0 Å². The molecule has 2 aliphatic heterocycles. The van der Waals surface area contributed by atoms with Gasteiger partial charge in [-0.05, 0) is 54.0 Å². The van der Waals surface area contributed by atoms with E-state index < -0.39 is 17.5 Å². The Morgan fingerprint density at radius 2 is 1.80 bits per heavy atom. The highest BCUT2D eigenvalue weighted by molar-refractivity contribution is 5.68. The lowest BCUT2D eigenvalue weighted by molar-refractivity contribution is -0.00111. The standard InChI is InChI=1S/C30H33F3O2/c1-5-7-18(3)26(31)29-19(4)15-23-16-25(27(32)28(33)30(23)35-29)21-11-9-20(10-12-21)22-13-14-24(8-6-2)34-17-22/h9-12,16,22,24H,3-8,13-15,17H2,1-2H3/b29-26-. The summed E-state index contributed by atoms with van der Waals surface area (Å²) < 4.78 is 56.5. The molecule has 4 rings (SSSR count). The molecule has 0 saturated carbocycles. The largest absolute Gasteiger partial charge is 0.450 e. The smallest absolute Gasteiger partial charge is 0.202 e. The second-order valence-electron chi connectivity index (χ2n) is 9.56. The van der Waals surface area contributed by atoms with E-state index in [-0.39, 0.29) is 29.1 Å². The molecule has 1 saturated heterocycles. The topological polar surface area (TPSA) is 18.5 Å². The number of allylic oxidation sites excluding steroid dienone is 3. The van der Waals surface area contributed by atoms with Crippen molar-refractivity contribution in [2.24, 2.45) is 0 Å². The lowest BCUT2D eigenvalue weighted by Crippen LogP contribution is -2.24. The monoisotopic (exact) mass is 482 g/mol. The lowest BCUT2D eigenvalue weighted by atomic mass is 9.89. The number of benzene rings is 2. The second-order valence-corrected chi connectivity index (χ2v) is 9.56. The zero-order valence-electron chi connectivity index (χ0n) is 20.6. The van der Waals surface area contributed by atoms with Crippen molar-refractivity contribution in [1.29, 1.82) is 0 Å². The number of fused-ring (bicyclic) bond motifs is 1. The highest BCUT2D eigenvalue weighted by Crippen LogP contribution is 2.41. The SMILES string of the molecule is C=C(CCC)/C(F)=C1/Oc2c(cc(-c3ccc(C4CCC(CCC)OC4)cc3)c(F)c2F)CC1=C. The van der Waals surface area contributed by atoms with Gasteiger partial charge in [0.15, 0.2) is 23.2 Å². The molecule has 0 spiro atoms. The van der Waals surface area contributed by atoms with Crippen molar-refractivity contribution in [3.8, 4) is 16.9 Å². The van der Waals surface area contributed by atoms with Crippen molar-refractivity contribution in [2.75, 3.05) is 6.61 Å². The van der Waals surface area contributed by atoms with Crippen LogP contribution in [0.3, 0.4) is 0 Å². The van der Waals surface area contributed by atoms with Crippen molar-refractivity contribution < 1.29 is 22.6 Å². The van der Waals surface area contributed by atoms with Crippen LogP contribution in [0.25, 0.3) is 11.1 Å². The highest BCUT2D eigenvalue weighted by Gasteiger charge is 2.29. The van der Waals surface area contributed by atoms with E-state index >= 15 is 8.78 Å². The summed E-state index contributed by atoms with van der Waals surface area (Å²) >= 11 is 0. The Labute approximate surface area is 206 Å². The summed E-state index contributed by atoms with van der Waals surface area (Å²) in [6.45, 7) is 12.4. The van der Waals surface area contributed by atoms with Crippen LogP contribution in [0.15, 0.2) is 66.2 Å². The zero-order valence-corrected chi connectivity index (χ0v) is 20.6. The third-order valence-electron chi connectivity index (χ3n) is 6.90. The first-order chi connectivity index (χ1) is 16.8. The number of hydrogen-bond acceptors (Lipinski definition) is 2. The van der Waals surface area contributed by atoms with Crippen LogP contribution in [0.4, 0.5) is 13.2 Å². The third-order valence-corrected chi connectivity index (χ3v) is 6.90. The first-order valence-corrected chi connectivity index (χ1v) is 12.5. The molecule has 0 bridgehead atoms. The van der Waals surface area contributed by atoms with Gasteiger partial charge in [-0.2, -0.15) is 4.39 Å². The van der Waals surface area contributed by atoms with Gasteiger partial charge in [0.1, 0.15) is 0 Å². The normalized spacial score (nSPS) is 21.3. The summed E-state index contributed by atoms with van der Waals surface area (Å²) in [5.41, 5.74) is 2.93. The molecular formula is C30H33F3O2. The van der Waals surface area contributed by atoms with Gasteiger partial charge in [0.05, 0.1) is 12.7 Å². The highest BCUT2D eigenvalue weighted by atomic mass is 19.2. The fraction of sp³-hybridized carbons (Fsp3) is 0.400. The van der Waals surface area contributed by atoms with E-state index in [9.17, 15) is 4.39 Å². The van der Waals surface area contributed by atoms with Crippen LogP contribution >= 0.6 is 0 Å². The average Bonchev–Trinajstić information content (AvgIpc) is 2.86. The predicted molar refractivity (Wildman–Crippen MR) is 134 cm³/mol. The molecule has 0 radical (unpaired) electrons. The summed E-state index contributed by atoms with van der Waals surface area (Å²) in [6, 6.07) is 9.13. The minimum absolute atomic E-state index is 0.149. The Morgan fingerprint density at radius 1 is 1.06 bits per heavy atom. The van der Waals surface area contributed by atoms with E-state index in [4.69, 9.17) is 9.47 Å². The summed E-state index contributed by atoms with van der Waals surface area (Å²) in [5.74, 6) is -2.94. The molecule has 186 valence electrons. The minimum Gasteiger partial charge on any atom is -0.450 e. The second kappa shape index (κ2) is 10.9. The van der Waals surface area contributed by atoms with Crippen molar-refractivity contribution in [2.45, 2.75) is 70.8 Å². The van der Waals surface area contributed by atoms with Gasteiger partial charge in [-0.1, -0.05) is 64.1 Å². The van der Waals surface area contributed by atoms with E-state index in [2.05, 4.69) is 20.1 Å². The quantitative estimate of drug-likeness (QED) is 0.393. The van der Waals surface area contributed by atoms with Crippen molar-refractivity contribution in [3.05, 3.63) is 89.0 Å². The van der Waals surface area contributed by atoms with Crippen molar-refractivity contribution in [1.82, 2.24) is 0 Å². The van der Waals surface area contributed by atoms with Gasteiger partial charge >= 0.3 is 0 Å². The molecule has 5 heteroatoms. The van der Waals surface area contributed by atoms with Gasteiger partial charge in [-0.3, -0.25) is 0 Å². The Morgan fingerprint density at radius 3 is 2.43 bits per heavy atom. The van der Waals surface area contributed by atoms with Gasteiger partial charge in [0, 0.05) is 23.5 Å². The summed E-state index contributed by atoms with van der Waals surface area (Å²) in [4.78, 5) is 0. The van der Waals surface area contributed by atoms with E-state index in [0.717, 1.165) is 31.2 Å². The maximum absolute atomic E-state index is 15.1. The Balaban J connectivity index is 1.58. The molecule has 2 aliphatic rings. The number of rotatable bonds is 7. The maximum atomic E-state index is 15.1. The van der Waals surface area contributed by atoms with E-state index in [1.807, 2.05) is 31.2 Å². The van der Waals surface area contributed by atoms with Gasteiger partial charge in [0.25, 0.3) is 0 Å².